The van der Waals surface area contributed by atoms with Crippen molar-refractivity contribution >= 4 is 28.3 Å². The molecule has 6 heteroatoms. The number of aromatic nitrogens is 1. The van der Waals surface area contributed by atoms with Crippen LogP contribution in [-0.2, 0) is 6.42 Å². The molecule has 1 aliphatic rings. The SMILES string of the molecule is CC.Nc1ncc(CCN2C(=O)c3ccccc3C2=O)s1. The van der Waals surface area contributed by atoms with Gasteiger partial charge in [0, 0.05) is 24.0 Å². The summed E-state index contributed by atoms with van der Waals surface area (Å²) in [4.78, 5) is 30.4. The Labute approximate surface area is 127 Å². The van der Waals surface area contributed by atoms with Gasteiger partial charge >= 0.3 is 0 Å². The van der Waals surface area contributed by atoms with E-state index in [9.17, 15) is 9.59 Å². The number of anilines is 1. The zero-order chi connectivity index (χ0) is 15.4. The zero-order valence-corrected chi connectivity index (χ0v) is 12.8. The molecule has 2 N–H and O–H groups in total. The number of imide groups is 1. The molecule has 110 valence electrons. The molecule has 0 saturated carbocycles. The number of nitrogens with zero attached hydrogens (tertiary/aromatic N) is 2. The third-order valence-electron chi connectivity index (χ3n) is 3.03. The average molecular weight is 303 g/mol. The van der Waals surface area contributed by atoms with Crippen LogP contribution in [0.25, 0.3) is 0 Å². The van der Waals surface area contributed by atoms with Crippen LogP contribution in [0.4, 0.5) is 5.13 Å². The third kappa shape index (κ3) is 2.95. The number of fused-ring (bicyclic) bond motifs is 1. The van der Waals surface area contributed by atoms with Crippen LogP contribution in [0.1, 0.15) is 39.4 Å². The fourth-order valence-electron chi connectivity index (χ4n) is 2.10. The number of thiazole rings is 1. The Kier molecular flexibility index (Phi) is 4.70. The van der Waals surface area contributed by atoms with E-state index in [1.54, 1.807) is 30.5 Å². The topological polar surface area (TPSA) is 76.3 Å². The maximum absolute atomic E-state index is 12.1. The Morgan fingerprint density at radius 1 is 1.14 bits per heavy atom. The number of nitrogens with two attached hydrogens (primary N) is 1. The van der Waals surface area contributed by atoms with Crippen LogP contribution in [0.3, 0.4) is 0 Å². The highest BCUT2D eigenvalue weighted by molar-refractivity contribution is 7.15. The van der Waals surface area contributed by atoms with Crippen LogP contribution in [-0.4, -0.2) is 28.2 Å². The third-order valence-corrected chi connectivity index (χ3v) is 3.92. The summed E-state index contributed by atoms with van der Waals surface area (Å²) in [6.07, 6.45) is 2.26. The van der Waals surface area contributed by atoms with E-state index in [1.165, 1.54) is 16.2 Å². The molecular weight excluding hydrogens is 286 g/mol. The number of hydrogen-bond donors (Lipinski definition) is 1. The summed E-state index contributed by atoms with van der Waals surface area (Å²) in [6.45, 7) is 4.36. The van der Waals surface area contributed by atoms with Gasteiger partial charge in [0.15, 0.2) is 5.13 Å². The first-order valence-corrected chi connectivity index (χ1v) is 7.64. The number of carbonyl (C=O) groups is 2. The molecule has 0 unspecified atom stereocenters. The predicted octanol–water partition coefficient (Wildman–Crippen LogP) is 2.59. The molecule has 3 rings (SSSR count). The first-order chi connectivity index (χ1) is 10.2. The average Bonchev–Trinajstić information content (AvgIpc) is 3.03. The van der Waals surface area contributed by atoms with Crippen molar-refractivity contribution in [2.24, 2.45) is 0 Å². The fraction of sp³-hybridized carbons (Fsp3) is 0.267. The number of rotatable bonds is 3. The first kappa shape index (κ1) is 15.2. The van der Waals surface area contributed by atoms with Gasteiger partial charge in [-0.3, -0.25) is 14.5 Å². The van der Waals surface area contributed by atoms with E-state index >= 15 is 0 Å². The van der Waals surface area contributed by atoms with Gasteiger partial charge in [-0.05, 0) is 12.1 Å². The number of hydrogen-bond acceptors (Lipinski definition) is 5. The maximum Gasteiger partial charge on any atom is 0.261 e. The van der Waals surface area contributed by atoms with Gasteiger partial charge < -0.3 is 5.73 Å². The Bertz CT molecular complexity index is 631. The molecule has 1 aromatic carbocycles. The van der Waals surface area contributed by atoms with Crippen LogP contribution < -0.4 is 5.73 Å². The Morgan fingerprint density at radius 3 is 2.19 bits per heavy atom. The van der Waals surface area contributed by atoms with Gasteiger partial charge in [-0.2, -0.15) is 0 Å². The second-order valence-corrected chi connectivity index (χ2v) is 5.37. The standard InChI is InChI=1S/C13H11N3O2S.C2H6/c14-13-15-7-8(19-13)5-6-16-11(17)9-3-1-2-4-10(9)12(16)18;1-2/h1-4,7H,5-6H2,(H2,14,15);1-2H3. The molecule has 1 aliphatic heterocycles. The normalized spacial score (nSPS) is 13.0. The fourth-order valence-corrected chi connectivity index (χ4v) is 2.78. The molecule has 1 aromatic heterocycles. The minimum Gasteiger partial charge on any atom is -0.375 e. The molecule has 5 nitrogen and oxygen atoms in total. The predicted molar refractivity (Wildman–Crippen MR) is 83.4 cm³/mol. The summed E-state index contributed by atoms with van der Waals surface area (Å²) >= 11 is 1.37. The van der Waals surface area contributed by atoms with Crippen LogP contribution in [0.2, 0.25) is 0 Å². The summed E-state index contributed by atoms with van der Waals surface area (Å²) in [5.41, 5.74) is 6.51. The zero-order valence-electron chi connectivity index (χ0n) is 12.0. The van der Waals surface area contributed by atoms with Crippen molar-refractivity contribution in [2.45, 2.75) is 20.3 Å². The molecule has 21 heavy (non-hydrogen) atoms. The number of nitrogen functional groups attached to an aromatic ring is 1. The lowest BCUT2D eigenvalue weighted by atomic mass is 10.1. The van der Waals surface area contributed by atoms with Crippen LogP contribution >= 0.6 is 11.3 Å². The van der Waals surface area contributed by atoms with E-state index in [0.717, 1.165) is 4.88 Å². The highest BCUT2D eigenvalue weighted by Crippen LogP contribution is 2.23. The summed E-state index contributed by atoms with van der Waals surface area (Å²) in [7, 11) is 0. The van der Waals surface area contributed by atoms with Gasteiger partial charge in [-0.15, -0.1) is 11.3 Å². The summed E-state index contributed by atoms with van der Waals surface area (Å²) in [5.74, 6) is -0.448. The molecule has 0 spiro atoms. The second kappa shape index (κ2) is 6.49. The highest BCUT2D eigenvalue weighted by Gasteiger charge is 2.34. The van der Waals surface area contributed by atoms with Crippen molar-refractivity contribution in [2.75, 3.05) is 12.3 Å². The van der Waals surface area contributed by atoms with E-state index in [-0.39, 0.29) is 11.8 Å². The van der Waals surface area contributed by atoms with E-state index < -0.39 is 0 Å². The lowest BCUT2D eigenvalue weighted by Gasteiger charge is -2.12. The number of amides is 2. The van der Waals surface area contributed by atoms with Crippen molar-refractivity contribution in [3.05, 3.63) is 46.5 Å². The van der Waals surface area contributed by atoms with Crippen molar-refractivity contribution in [1.82, 2.24) is 9.88 Å². The van der Waals surface area contributed by atoms with Gasteiger partial charge in [-0.25, -0.2) is 4.98 Å². The molecule has 2 aromatic rings. The molecule has 0 aliphatic carbocycles. The first-order valence-electron chi connectivity index (χ1n) is 6.82. The van der Waals surface area contributed by atoms with Crippen molar-refractivity contribution in [3.63, 3.8) is 0 Å². The van der Waals surface area contributed by atoms with Crippen molar-refractivity contribution < 1.29 is 9.59 Å². The summed E-state index contributed by atoms with van der Waals surface area (Å²) in [6, 6.07) is 6.88. The van der Waals surface area contributed by atoms with Gasteiger partial charge in [0.2, 0.25) is 0 Å². The quantitative estimate of drug-likeness (QED) is 0.884. The molecule has 0 saturated heterocycles. The highest BCUT2D eigenvalue weighted by atomic mass is 32.1. The molecule has 0 atom stereocenters. The smallest absolute Gasteiger partial charge is 0.261 e. The van der Waals surface area contributed by atoms with E-state index in [0.29, 0.717) is 29.2 Å². The minimum atomic E-state index is -0.224. The van der Waals surface area contributed by atoms with E-state index in [2.05, 4.69) is 4.98 Å². The van der Waals surface area contributed by atoms with E-state index in [4.69, 9.17) is 5.73 Å². The van der Waals surface area contributed by atoms with Crippen LogP contribution in [0, 0.1) is 0 Å². The molecule has 2 heterocycles. The lowest BCUT2D eigenvalue weighted by Crippen LogP contribution is -2.31. The largest absolute Gasteiger partial charge is 0.375 e. The molecule has 0 fully saturated rings. The summed E-state index contributed by atoms with van der Waals surface area (Å²) < 4.78 is 0. The summed E-state index contributed by atoms with van der Waals surface area (Å²) in [5, 5.41) is 0.498. The Hall–Kier alpha value is -2.21. The van der Waals surface area contributed by atoms with Gasteiger partial charge in [0.05, 0.1) is 11.1 Å². The Morgan fingerprint density at radius 2 is 1.71 bits per heavy atom. The van der Waals surface area contributed by atoms with Gasteiger partial charge in [-0.1, -0.05) is 26.0 Å². The van der Waals surface area contributed by atoms with Crippen molar-refractivity contribution in [1.29, 1.82) is 0 Å². The maximum atomic E-state index is 12.1. The number of carbonyl (C=O) groups excluding carboxylic acids is 2. The lowest BCUT2D eigenvalue weighted by molar-refractivity contribution is 0.0656. The van der Waals surface area contributed by atoms with E-state index in [1.807, 2.05) is 13.8 Å². The van der Waals surface area contributed by atoms with Crippen molar-refractivity contribution in [3.8, 4) is 0 Å². The molecule has 2 amide bonds. The number of benzene rings is 1. The van der Waals surface area contributed by atoms with Gasteiger partial charge in [0.1, 0.15) is 0 Å². The molecule has 0 radical (unpaired) electrons. The van der Waals surface area contributed by atoms with Crippen LogP contribution in [0.15, 0.2) is 30.5 Å². The molecule has 0 bridgehead atoms. The Balaban J connectivity index is 0.000000774. The monoisotopic (exact) mass is 303 g/mol. The van der Waals surface area contributed by atoms with Gasteiger partial charge in [0.25, 0.3) is 11.8 Å². The second-order valence-electron chi connectivity index (χ2n) is 4.22. The van der Waals surface area contributed by atoms with Crippen LogP contribution in [0.5, 0.6) is 0 Å². The molecular formula is C15H17N3O2S. The minimum absolute atomic E-state index is 0.224.